The van der Waals surface area contributed by atoms with Gasteiger partial charge in [0.25, 0.3) is 0 Å². The van der Waals surface area contributed by atoms with Crippen molar-refractivity contribution in [3.05, 3.63) is 0 Å². The third kappa shape index (κ3) is 3.67. The van der Waals surface area contributed by atoms with Crippen LogP contribution in [0, 0.1) is 5.41 Å². The molecule has 0 aromatic rings. The molecule has 17 heavy (non-hydrogen) atoms. The maximum Gasteiger partial charge on any atom is 0.0844 e. The maximum absolute atomic E-state index is 5.88. The molecule has 0 heterocycles. The second kappa shape index (κ2) is 6.17. The van der Waals surface area contributed by atoms with Crippen LogP contribution in [0.25, 0.3) is 0 Å². The number of nitrogens with two attached hydrogens (primary N) is 1. The van der Waals surface area contributed by atoms with Crippen LogP contribution in [0.4, 0.5) is 0 Å². The second-order valence-corrected chi connectivity index (χ2v) is 6.29. The minimum absolute atomic E-state index is 0.0422. The SMILES string of the molecule is CCCCC(NN)C1(OC)CCC(C)(C)CC1. The van der Waals surface area contributed by atoms with Crippen LogP contribution < -0.4 is 11.3 Å². The van der Waals surface area contributed by atoms with Gasteiger partial charge in [-0.1, -0.05) is 33.6 Å². The minimum Gasteiger partial charge on any atom is -0.377 e. The summed E-state index contributed by atoms with van der Waals surface area (Å²) in [6, 6.07) is 0.295. The van der Waals surface area contributed by atoms with E-state index in [4.69, 9.17) is 10.6 Å². The Hall–Kier alpha value is -0.120. The summed E-state index contributed by atoms with van der Waals surface area (Å²) in [5, 5.41) is 0. The number of unbranched alkanes of at least 4 members (excludes halogenated alkanes) is 1. The number of hydrogen-bond acceptors (Lipinski definition) is 3. The lowest BCUT2D eigenvalue weighted by molar-refractivity contribution is -0.0882. The summed E-state index contributed by atoms with van der Waals surface area (Å²) in [6.45, 7) is 6.92. The van der Waals surface area contributed by atoms with Crippen molar-refractivity contribution < 1.29 is 4.74 Å². The van der Waals surface area contributed by atoms with Crippen molar-refractivity contribution in [2.24, 2.45) is 11.3 Å². The predicted molar refractivity (Wildman–Crippen MR) is 72.6 cm³/mol. The Labute approximate surface area is 106 Å². The first-order chi connectivity index (χ1) is 7.99. The van der Waals surface area contributed by atoms with Gasteiger partial charge in [0, 0.05) is 7.11 Å². The third-order valence-electron chi connectivity index (χ3n) is 4.54. The van der Waals surface area contributed by atoms with Gasteiger partial charge >= 0.3 is 0 Å². The standard InChI is InChI=1S/C14H30N2O/c1-5-6-7-12(16-15)14(17-4)10-8-13(2,3)9-11-14/h12,16H,5-11,15H2,1-4H3. The van der Waals surface area contributed by atoms with Crippen molar-refractivity contribution >= 4 is 0 Å². The van der Waals surface area contributed by atoms with Crippen LogP contribution in [0.1, 0.15) is 65.7 Å². The van der Waals surface area contributed by atoms with Crippen molar-refractivity contribution in [1.29, 1.82) is 0 Å². The van der Waals surface area contributed by atoms with E-state index >= 15 is 0 Å². The van der Waals surface area contributed by atoms with Crippen LogP contribution in [0.15, 0.2) is 0 Å². The molecule has 1 rings (SSSR count). The summed E-state index contributed by atoms with van der Waals surface area (Å²) >= 11 is 0. The molecule has 0 aliphatic heterocycles. The van der Waals surface area contributed by atoms with Gasteiger partial charge in [-0.05, 0) is 37.5 Å². The van der Waals surface area contributed by atoms with E-state index in [1.807, 2.05) is 7.11 Å². The normalized spacial score (nSPS) is 24.5. The molecule has 1 unspecified atom stereocenters. The van der Waals surface area contributed by atoms with Gasteiger partial charge in [-0.2, -0.15) is 0 Å². The monoisotopic (exact) mass is 242 g/mol. The highest BCUT2D eigenvalue weighted by Crippen LogP contribution is 2.44. The first kappa shape index (κ1) is 14.9. The molecule has 3 N–H and O–H groups in total. The molecule has 1 saturated carbocycles. The molecule has 1 aliphatic carbocycles. The highest BCUT2D eigenvalue weighted by molar-refractivity contribution is 4.97. The predicted octanol–water partition coefficient (Wildman–Crippen LogP) is 2.99. The lowest BCUT2D eigenvalue weighted by Gasteiger charge is -2.47. The molecule has 0 bridgehead atoms. The van der Waals surface area contributed by atoms with Gasteiger partial charge < -0.3 is 4.74 Å². The van der Waals surface area contributed by atoms with E-state index in [0.29, 0.717) is 11.5 Å². The van der Waals surface area contributed by atoms with Crippen LogP contribution in [-0.4, -0.2) is 18.8 Å². The fraction of sp³-hybridized carbons (Fsp3) is 1.00. The molecule has 0 radical (unpaired) electrons. The summed E-state index contributed by atoms with van der Waals surface area (Å²) in [7, 11) is 1.84. The Balaban J connectivity index is 2.67. The van der Waals surface area contributed by atoms with Gasteiger partial charge in [0.05, 0.1) is 11.6 Å². The van der Waals surface area contributed by atoms with Crippen molar-refractivity contribution in [3.63, 3.8) is 0 Å². The van der Waals surface area contributed by atoms with Gasteiger partial charge in [-0.3, -0.25) is 11.3 Å². The molecule has 3 heteroatoms. The zero-order valence-electron chi connectivity index (χ0n) is 12.0. The Morgan fingerprint density at radius 1 is 1.24 bits per heavy atom. The molecule has 0 saturated heterocycles. The quantitative estimate of drug-likeness (QED) is 0.556. The minimum atomic E-state index is -0.0422. The first-order valence-electron chi connectivity index (χ1n) is 7.01. The van der Waals surface area contributed by atoms with Crippen LogP contribution in [0.5, 0.6) is 0 Å². The number of hydrogen-bond donors (Lipinski definition) is 2. The topological polar surface area (TPSA) is 47.3 Å². The van der Waals surface area contributed by atoms with Crippen LogP contribution in [-0.2, 0) is 4.74 Å². The molecule has 3 nitrogen and oxygen atoms in total. The summed E-state index contributed by atoms with van der Waals surface area (Å²) in [5.41, 5.74) is 3.42. The van der Waals surface area contributed by atoms with Gasteiger partial charge in [0.2, 0.25) is 0 Å². The molecule has 102 valence electrons. The fourth-order valence-electron chi connectivity index (χ4n) is 2.95. The average Bonchev–Trinajstić information content (AvgIpc) is 2.32. The number of methoxy groups -OCH3 is 1. The smallest absolute Gasteiger partial charge is 0.0844 e. The second-order valence-electron chi connectivity index (χ2n) is 6.29. The van der Waals surface area contributed by atoms with Crippen molar-refractivity contribution in [2.45, 2.75) is 77.4 Å². The molecular weight excluding hydrogens is 212 g/mol. The molecule has 0 amide bonds. The molecule has 0 aromatic heterocycles. The van der Waals surface area contributed by atoms with Crippen LogP contribution >= 0.6 is 0 Å². The average molecular weight is 242 g/mol. The lowest BCUT2D eigenvalue weighted by atomic mass is 9.68. The Morgan fingerprint density at radius 2 is 1.82 bits per heavy atom. The number of nitrogens with one attached hydrogen (secondary N) is 1. The molecule has 1 atom stereocenters. The van der Waals surface area contributed by atoms with Gasteiger partial charge in [-0.15, -0.1) is 0 Å². The molecule has 1 fully saturated rings. The number of hydrazine groups is 1. The van der Waals surface area contributed by atoms with Gasteiger partial charge in [0.15, 0.2) is 0 Å². The fourth-order valence-corrected chi connectivity index (χ4v) is 2.95. The zero-order chi connectivity index (χ0) is 12.9. The molecule has 0 aromatic carbocycles. The number of rotatable bonds is 6. The third-order valence-corrected chi connectivity index (χ3v) is 4.54. The summed E-state index contributed by atoms with van der Waals surface area (Å²) < 4.78 is 5.88. The van der Waals surface area contributed by atoms with E-state index in [1.54, 1.807) is 0 Å². The van der Waals surface area contributed by atoms with Crippen molar-refractivity contribution in [2.75, 3.05) is 7.11 Å². The van der Waals surface area contributed by atoms with E-state index in [2.05, 4.69) is 26.2 Å². The van der Waals surface area contributed by atoms with Gasteiger partial charge in [-0.25, -0.2) is 0 Å². The summed E-state index contributed by atoms with van der Waals surface area (Å²) in [5.74, 6) is 5.74. The van der Waals surface area contributed by atoms with Gasteiger partial charge in [0.1, 0.15) is 0 Å². The zero-order valence-corrected chi connectivity index (χ0v) is 12.0. The lowest BCUT2D eigenvalue weighted by Crippen LogP contribution is -2.56. The molecular formula is C14H30N2O. The first-order valence-corrected chi connectivity index (χ1v) is 7.01. The maximum atomic E-state index is 5.88. The Bertz CT molecular complexity index is 218. The highest BCUT2D eigenvalue weighted by atomic mass is 16.5. The van der Waals surface area contributed by atoms with E-state index in [0.717, 1.165) is 19.3 Å². The van der Waals surface area contributed by atoms with E-state index < -0.39 is 0 Å². The molecule has 1 aliphatic rings. The van der Waals surface area contributed by atoms with E-state index in [1.165, 1.54) is 25.7 Å². The Morgan fingerprint density at radius 3 is 2.24 bits per heavy atom. The number of ether oxygens (including phenoxy) is 1. The Kier molecular flexibility index (Phi) is 5.42. The molecule has 0 spiro atoms. The van der Waals surface area contributed by atoms with E-state index in [9.17, 15) is 0 Å². The van der Waals surface area contributed by atoms with E-state index in [-0.39, 0.29) is 5.60 Å². The summed E-state index contributed by atoms with van der Waals surface area (Å²) in [6.07, 6.45) is 8.23. The summed E-state index contributed by atoms with van der Waals surface area (Å²) in [4.78, 5) is 0. The van der Waals surface area contributed by atoms with Crippen molar-refractivity contribution in [1.82, 2.24) is 5.43 Å². The van der Waals surface area contributed by atoms with Crippen molar-refractivity contribution in [3.8, 4) is 0 Å². The van der Waals surface area contributed by atoms with Crippen LogP contribution in [0.2, 0.25) is 0 Å². The van der Waals surface area contributed by atoms with Crippen LogP contribution in [0.3, 0.4) is 0 Å². The highest BCUT2D eigenvalue weighted by Gasteiger charge is 2.43. The largest absolute Gasteiger partial charge is 0.377 e.